The third kappa shape index (κ3) is 3.01. The van der Waals surface area contributed by atoms with E-state index in [-0.39, 0.29) is 10.0 Å². The van der Waals surface area contributed by atoms with Gasteiger partial charge < -0.3 is 5.11 Å². The first-order valence-corrected chi connectivity index (χ1v) is 6.95. The van der Waals surface area contributed by atoms with Gasteiger partial charge in [0.05, 0.1) is 11.2 Å². The molecule has 0 amide bonds. The molecule has 1 aromatic rings. The Hall–Kier alpha value is -1.12. The van der Waals surface area contributed by atoms with Gasteiger partial charge in [-0.2, -0.15) is 9.82 Å². The van der Waals surface area contributed by atoms with Crippen molar-refractivity contribution >= 4 is 27.6 Å². The van der Waals surface area contributed by atoms with E-state index in [1.165, 1.54) is 13.2 Å². The average molecular weight is 296 g/mol. The number of hydrogen-bond donors (Lipinski definition) is 2. The van der Waals surface area contributed by atoms with E-state index in [4.69, 9.17) is 16.7 Å². The number of carboxylic acid groups (broad SMARTS) is 1. The molecule has 0 aliphatic carbocycles. The van der Waals surface area contributed by atoms with Crippen molar-refractivity contribution in [3.8, 4) is 0 Å². The molecule has 18 heavy (non-hydrogen) atoms. The molecular weight excluding hydrogens is 282 g/mol. The van der Waals surface area contributed by atoms with Gasteiger partial charge in [0.2, 0.25) is 0 Å². The maximum atomic E-state index is 12.0. The minimum Gasteiger partial charge on any atom is -0.480 e. The highest BCUT2D eigenvalue weighted by Gasteiger charge is 2.31. The van der Waals surface area contributed by atoms with E-state index in [1.807, 2.05) is 0 Å². The lowest BCUT2D eigenvalue weighted by Crippen LogP contribution is -2.44. The van der Waals surface area contributed by atoms with Crippen molar-refractivity contribution in [3.05, 3.63) is 11.2 Å². The van der Waals surface area contributed by atoms with Crippen molar-refractivity contribution in [2.24, 2.45) is 13.0 Å². The Balaban J connectivity index is 3.13. The maximum Gasteiger partial charge on any atom is 0.322 e. The van der Waals surface area contributed by atoms with Gasteiger partial charge in [0.1, 0.15) is 6.04 Å². The quantitative estimate of drug-likeness (QED) is 0.822. The summed E-state index contributed by atoms with van der Waals surface area (Å²) in [4.78, 5) is 11.0. The molecule has 0 radical (unpaired) electrons. The van der Waals surface area contributed by atoms with Crippen molar-refractivity contribution in [3.63, 3.8) is 0 Å². The minimum absolute atomic E-state index is 0.0575. The summed E-state index contributed by atoms with van der Waals surface area (Å²) in [6, 6.07) is -1.22. The second-order valence-electron chi connectivity index (χ2n) is 4.10. The van der Waals surface area contributed by atoms with Crippen LogP contribution in [0.2, 0.25) is 5.02 Å². The molecule has 0 aliphatic heterocycles. The fraction of sp³-hybridized carbons (Fsp3) is 0.556. The Labute approximate surface area is 110 Å². The first-order valence-electron chi connectivity index (χ1n) is 5.09. The summed E-state index contributed by atoms with van der Waals surface area (Å²) in [7, 11) is -2.62. The summed E-state index contributed by atoms with van der Waals surface area (Å²) < 4.78 is 27.2. The fourth-order valence-electron chi connectivity index (χ4n) is 1.40. The Morgan fingerprint density at radius 2 is 2.11 bits per heavy atom. The van der Waals surface area contributed by atoms with E-state index in [9.17, 15) is 13.2 Å². The highest BCUT2D eigenvalue weighted by Crippen LogP contribution is 2.20. The van der Waals surface area contributed by atoms with Gasteiger partial charge in [-0.1, -0.05) is 25.4 Å². The summed E-state index contributed by atoms with van der Waals surface area (Å²) in [6.45, 7) is 3.21. The zero-order chi connectivity index (χ0) is 14.1. The number of nitrogens with zero attached hydrogens (tertiary/aromatic N) is 2. The molecule has 1 aromatic heterocycles. The lowest BCUT2D eigenvalue weighted by Gasteiger charge is -2.18. The molecule has 2 N–H and O–H groups in total. The van der Waals surface area contributed by atoms with E-state index < -0.39 is 28.0 Å². The number of carboxylic acids is 1. The number of aryl methyl sites for hydroxylation is 1. The number of sulfonamides is 1. The van der Waals surface area contributed by atoms with Crippen LogP contribution in [0.15, 0.2) is 11.2 Å². The number of carbonyl (C=O) groups is 1. The summed E-state index contributed by atoms with van der Waals surface area (Å²) in [5, 5.41) is 12.3. The van der Waals surface area contributed by atoms with E-state index >= 15 is 0 Å². The molecule has 9 heteroatoms. The molecule has 1 heterocycles. The van der Waals surface area contributed by atoms with Crippen molar-refractivity contribution in [2.45, 2.75) is 24.9 Å². The molecule has 0 unspecified atom stereocenters. The normalized spacial score (nSPS) is 13.8. The van der Waals surface area contributed by atoms with Crippen molar-refractivity contribution < 1.29 is 18.3 Å². The fourth-order valence-corrected chi connectivity index (χ4v) is 3.39. The number of halogens is 1. The molecule has 0 bridgehead atoms. The van der Waals surface area contributed by atoms with Gasteiger partial charge in [-0.15, -0.1) is 0 Å². The highest BCUT2D eigenvalue weighted by atomic mass is 35.5. The van der Waals surface area contributed by atoms with E-state index in [0.717, 1.165) is 4.68 Å². The van der Waals surface area contributed by atoms with Crippen LogP contribution in [0.5, 0.6) is 0 Å². The first kappa shape index (κ1) is 14.9. The van der Waals surface area contributed by atoms with Gasteiger partial charge in [-0.25, -0.2) is 8.42 Å². The van der Waals surface area contributed by atoms with Crippen molar-refractivity contribution in [2.75, 3.05) is 0 Å². The van der Waals surface area contributed by atoms with Crippen LogP contribution in [-0.2, 0) is 21.9 Å². The minimum atomic E-state index is -4.03. The Morgan fingerprint density at radius 1 is 1.56 bits per heavy atom. The topological polar surface area (TPSA) is 101 Å². The molecule has 0 saturated carbocycles. The van der Waals surface area contributed by atoms with Gasteiger partial charge in [0.25, 0.3) is 10.0 Å². The number of aliphatic carboxylic acids is 1. The van der Waals surface area contributed by atoms with Crippen LogP contribution in [0, 0.1) is 5.92 Å². The number of nitrogens with one attached hydrogen (secondary N) is 1. The third-order valence-corrected chi connectivity index (χ3v) is 4.26. The van der Waals surface area contributed by atoms with Crippen molar-refractivity contribution in [1.29, 1.82) is 0 Å². The van der Waals surface area contributed by atoms with Gasteiger partial charge in [-0.3, -0.25) is 9.48 Å². The first-order chi connectivity index (χ1) is 8.16. The zero-order valence-corrected chi connectivity index (χ0v) is 11.7. The number of hydrogen-bond acceptors (Lipinski definition) is 4. The standard InChI is InChI=1S/C9H14ClN3O4S/c1-5(2)7(9(14)15)12-18(16,17)8-6(10)4-11-13(8)3/h4-5,7,12H,1-3H3,(H,14,15)/t7-/m0/s1. The SMILES string of the molecule is CC(C)[C@H](NS(=O)(=O)c1c(Cl)cnn1C)C(=O)O. The third-order valence-electron chi connectivity index (χ3n) is 2.31. The Kier molecular flexibility index (Phi) is 4.36. The molecule has 0 aromatic carbocycles. The predicted octanol–water partition coefficient (Wildman–Crippen LogP) is 0.461. The second-order valence-corrected chi connectivity index (χ2v) is 6.14. The molecule has 0 saturated heterocycles. The number of aromatic nitrogens is 2. The molecular formula is C9H14ClN3O4S. The summed E-state index contributed by atoms with van der Waals surface area (Å²) in [6.07, 6.45) is 1.18. The van der Waals surface area contributed by atoms with Crippen LogP contribution >= 0.6 is 11.6 Å². The molecule has 0 fully saturated rings. The average Bonchev–Trinajstić information content (AvgIpc) is 2.54. The van der Waals surface area contributed by atoms with Gasteiger partial charge in [-0.05, 0) is 5.92 Å². The van der Waals surface area contributed by atoms with Crippen LogP contribution in [0.3, 0.4) is 0 Å². The van der Waals surface area contributed by atoms with Crippen LogP contribution in [-0.4, -0.2) is 35.3 Å². The molecule has 0 aliphatic rings. The summed E-state index contributed by atoms with van der Waals surface area (Å²) in [5.41, 5.74) is 0. The van der Waals surface area contributed by atoms with Crippen LogP contribution in [0.4, 0.5) is 0 Å². The lowest BCUT2D eigenvalue weighted by molar-refractivity contribution is -0.140. The molecule has 0 spiro atoms. The van der Waals surface area contributed by atoms with Gasteiger partial charge >= 0.3 is 5.97 Å². The van der Waals surface area contributed by atoms with Gasteiger partial charge in [0, 0.05) is 7.05 Å². The second kappa shape index (κ2) is 5.25. The van der Waals surface area contributed by atoms with E-state index in [2.05, 4.69) is 9.82 Å². The lowest BCUT2D eigenvalue weighted by atomic mass is 10.1. The molecule has 102 valence electrons. The van der Waals surface area contributed by atoms with Crippen LogP contribution < -0.4 is 4.72 Å². The monoisotopic (exact) mass is 295 g/mol. The van der Waals surface area contributed by atoms with E-state index in [0.29, 0.717) is 0 Å². The summed E-state index contributed by atoms with van der Waals surface area (Å²) in [5.74, 6) is -1.64. The Bertz CT molecular complexity index is 533. The molecule has 1 atom stereocenters. The Morgan fingerprint density at radius 3 is 2.44 bits per heavy atom. The van der Waals surface area contributed by atoms with E-state index in [1.54, 1.807) is 13.8 Å². The number of rotatable bonds is 5. The molecule has 1 rings (SSSR count). The maximum absolute atomic E-state index is 12.0. The molecule has 7 nitrogen and oxygen atoms in total. The predicted molar refractivity (Wildman–Crippen MR) is 64.8 cm³/mol. The largest absolute Gasteiger partial charge is 0.480 e. The van der Waals surface area contributed by atoms with Gasteiger partial charge in [0.15, 0.2) is 5.03 Å². The summed E-state index contributed by atoms with van der Waals surface area (Å²) >= 11 is 5.72. The van der Waals surface area contributed by atoms with Crippen LogP contribution in [0.25, 0.3) is 0 Å². The zero-order valence-electron chi connectivity index (χ0n) is 10.1. The van der Waals surface area contributed by atoms with Crippen molar-refractivity contribution in [1.82, 2.24) is 14.5 Å². The smallest absolute Gasteiger partial charge is 0.322 e. The highest BCUT2D eigenvalue weighted by molar-refractivity contribution is 7.89. The van der Waals surface area contributed by atoms with Crippen LogP contribution in [0.1, 0.15) is 13.8 Å².